The minimum Gasteiger partial charge on any atom is -0.345 e. The number of benzene rings is 2. The maximum absolute atomic E-state index is 13.8. The molecule has 0 aliphatic carbocycles. The Labute approximate surface area is 153 Å². The first-order valence-corrected chi connectivity index (χ1v) is 9.10. The first-order valence-electron chi connectivity index (χ1n) is 9.10. The highest BCUT2D eigenvalue weighted by Crippen LogP contribution is 2.19. The van der Waals surface area contributed by atoms with Crippen molar-refractivity contribution in [1.82, 2.24) is 10.2 Å². The van der Waals surface area contributed by atoms with Gasteiger partial charge in [0, 0.05) is 23.7 Å². The van der Waals surface area contributed by atoms with E-state index in [9.17, 15) is 13.6 Å². The Morgan fingerprint density at radius 3 is 2.42 bits per heavy atom. The summed E-state index contributed by atoms with van der Waals surface area (Å²) in [5, 5.41) is 2.76. The van der Waals surface area contributed by atoms with Gasteiger partial charge in [0.1, 0.15) is 11.6 Å². The topological polar surface area (TPSA) is 32.3 Å². The summed E-state index contributed by atoms with van der Waals surface area (Å²) in [6.07, 6.45) is 3.80. The van der Waals surface area contributed by atoms with Gasteiger partial charge in [0.25, 0.3) is 5.91 Å². The van der Waals surface area contributed by atoms with Gasteiger partial charge >= 0.3 is 0 Å². The van der Waals surface area contributed by atoms with E-state index in [0.717, 1.165) is 25.7 Å². The van der Waals surface area contributed by atoms with Gasteiger partial charge in [-0.3, -0.25) is 9.69 Å². The van der Waals surface area contributed by atoms with Crippen LogP contribution in [-0.2, 0) is 6.54 Å². The molecule has 26 heavy (non-hydrogen) atoms. The van der Waals surface area contributed by atoms with E-state index in [1.807, 2.05) is 12.1 Å². The minimum atomic E-state index is -0.658. The van der Waals surface area contributed by atoms with Gasteiger partial charge in [0.2, 0.25) is 0 Å². The van der Waals surface area contributed by atoms with Crippen molar-refractivity contribution < 1.29 is 13.6 Å². The normalized spacial score (nSPS) is 16.3. The third kappa shape index (κ3) is 4.67. The second kappa shape index (κ2) is 8.41. The average Bonchev–Trinajstić information content (AvgIpc) is 2.63. The third-order valence-electron chi connectivity index (χ3n) is 4.85. The van der Waals surface area contributed by atoms with Gasteiger partial charge in [-0.15, -0.1) is 0 Å². The molecule has 1 unspecified atom stereocenters. The summed E-state index contributed by atoms with van der Waals surface area (Å²) in [4.78, 5) is 14.8. The number of nitrogens with zero attached hydrogens (tertiary/aromatic N) is 1. The molecule has 2 aromatic carbocycles. The zero-order chi connectivity index (χ0) is 18.5. The highest BCUT2D eigenvalue weighted by Gasteiger charge is 2.16. The molecule has 0 bridgehead atoms. The van der Waals surface area contributed by atoms with Gasteiger partial charge in [0.05, 0.1) is 6.04 Å². The summed E-state index contributed by atoms with van der Waals surface area (Å²) in [5.74, 6) is -1.56. The summed E-state index contributed by atoms with van der Waals surface area (Å²) >= 11 is 0. The lowest BCUT2D eigenvalue weighted by molar-refractivity contribution is 0.0939. The van der Waals surface area contributed by atoms with Crippen molar-refractivity contribution in [2.24, 2.45) is 0 Å². The minimum absolute atomic E-state index is 0.265. The van der Waals surface area contributed by atoms with Crippen molar-refractivity contribution in [2.75, 3.05) is 13.1 Å². The van der Waals surface area contributed by atoms with Gasteiger partial charge in [-0.2, -0.15) is 0 Å². The van der Waals surface area contributed by atoms with Crippen LogP contribution in [0.4, 0.5) is 8.78 Å². The van der Waals surface area contributed by atoms with Crippen molar-refractivity contribution in [3.05, 3.63) is 70.8 Å². The summed E-state index contributed by atoms with van der Waals surface area (Å²) in [6, 6.07) is 10.3. The zero-order valence-corrected chi connectivity index (χ0v) is 15.0. The van der Waals surface area contributed by atoms with Crippen molar-refractivity contribution in [1.29, 1.82) is 0 Å². The van der Waals surface area contributed by atoms with E-state index in [1.54, 1.807) is 19.1 Å². The van der Waals surface area contributed by atoms with Gasteiger partial charge in [0.15, 0.2) is 0 Å². The summed E-state index contributed by atoms with van der Waals surface area (Å²) in [6.45, 7) is 4.84. The van der Waals surface area contributed by atoms with E-state index in [2.05, 4.69) is 10.2 Å². The molecule has 138 valence electrons. The van der Waals surface area contributed by atoms with Crippen LogP contribution in [0.5, 0.6) is 0 Å². The Balaban J connectivity index is 1.60. The Bertz CT molecular complexity index is 755. The first-order chi connectivity index (χ1) is 12.5. The lowest BCUT2D eigenvalue weighted by atomic mass is 10.1. The molecule has 0 radical (unpaired) electrons. The predicted molar refractivity (Wildman–Crippen MR) is 97.8 cm³/mol. The molecule has 2 aromatic rings. The fourth-order valence-corrected chi connectivity index (χ4v) is 3.35. The second-order valence-corrected chi connectivity index (χ2v) is 6.89. The van der Waals surface area contributed by atoms with Crippen LogP contribution in [0.1, 0.15) is 53.7 Å². The largest absolute Gasteiger partial charge is 0.345 e. The fraction of sp³-hybridized carbons (Fsp3) is 0.381. The van der Waals surface area contributed by atoms with E-state index in [-0.39, 0.29) is 11.5 Å². The molecule has 0 saturated carbocycles. The molecule has 3 nitrogen and oxygen atoms in total. The van der Waals surface area contributed by atoms with Gasteiger partial charge in [-0.05, 0) is 56.6 Å². The molecular formula is C21H24F2N2O. The maximum Gasteiger partial charge on any atom is 0.251 e. The first kappa shape index (κ1) is 18.5. The number of rotatable bonds is 5. The summed E-state index contributed by atoms with van der Waals surface area (Å²) in [5.41, 5.74) is 1.98. The van der Waals surface area contributed by atoms with Crippen LogP contribution in [-0.4, -0.2) is 23.9 Å². The Morgan fingerprint density at radius 1 is 1.08 bits per heavy atom. The van der Waals surface area contributed by atoms with Crippen LogP contribution < -0.4 is 5.32 Å². The average molecular weight is 358 g/mol. The molecule has 1 atom stereocenters. The number of amides is 1. The molecule has 0 aromatic heterocycles. The van der Waals surface area contributed by atoms with Crippen LogP contribution in [0.3, 0.4) is 0 Å². The number of carbonyl (C=O) groups excluding carboxylic acids is 1. The van der Waals surface area contributed by atoms with E-state index in [0.29, 0.717) is 5.56 Å². The molecule has 1 saturated heterocycles. The molecule has 5 heteroatoms. The molecule has 3 rings (SSSR count). The van der Waals surface area contributed by atoms with Gasteiger partial charge in [-0.25, -0.2) is 8.78 Å². The zero-order valence-electron chi connectivity index (χ0n) is 15.0. The molecule has 0 spiro atoms. The Hall–Kier alpha value is -2.27. The molecule has 1 aliphatic rings. The predicted octanol–water partition coefficient (Wildman–Crippen LogP) is 4.44. The maximum atomic E-state index is 13.8. The highest BCUT2D eigenvalue weighted by atomic mass is 19.1. The molecule has 1 heterocycles. The number of nitrogens with one attached hydrogen (secondary N) is 1. The summed E-state index contributed by atoms with van der Waals surface area (Å²) in [7, 11) is 0. The third-order valence-corrected chi connectivity index (χ3v) is 4.85. The van der Waals surface area contributed by atoms with E-state index in [4.69, 9.17) is 0 Å². The molecule has 1 amide bonds. The SMILES string of the molecule is CC(NC(=O)c1ccc(CN2CCCCC2)cc1)c1ccc(F)cc1F. The smallest absolute Gasteiger partial charge is 0.251 e. The van der Waals surface area contributed by atoms with Crippen LogP contribution in [0.25, 0.3) is 0 Å². The Kier molecular flexibility index (Phi) is 5.99. The van der Waals surface area contributed by atoms with Crippen molar-refractivity contribution in [3.8, 4) is 0 Å². The van der Waals surface area contributed by atoms with E-state index < -0.39 is 17.7 Å². The lowest BCUT2D eigenvalue weighted by Gasteiger charge is -2.26. The molecule has 1 fully saturated rings. The van der Waals surface area contributed by atoms with Gasteiger partial charge < -0.3 is 5.32 Å². The van der Waals surface area contributed by atoms with Crippen LogP contribution in [0, 0.1) is 11.6 Å². The number of likely N-dealkylation sites (tertiary alicyclic amines) is 1. The second-order valence-electron chi connectivity index (χ2n) is 6.89. The number of hydrogen-bond donors (Lipinski definition) is 1. The summed E-state index contributed by atoms with van der Waals surface area (Å²) < 4.78 is 26.8. The molecular weight excluding hydrogens is 334 g/mol. The number of hydrogen-bond acceptors (Lipinski definition) is 2. The van der Waals surface area contributed by atoms with Crippen molar-refractivity contribution >= 4 is 5.91 Å². The van der Waals surface area contributed by atoms with E-state index in [1.165, 1.54) is 37.0 Å². The van der Waals surface area contributed by atoms with Crippen LogP contribution in [0.15, 0.2) is 42.5 Å². The lowest BCUT2D eigenvalue weighted by Crippen LogP contribution is -2.29. The van der Waals surface area contributed by atoms with E-state index >= 15 is 0 Å². The number of halogens is 2. The monoisotopic (exact) mass is 358 g/mol. The van der Waals surface area contributed by atoms with Gasteiger partial charge in [-0.1, -0.05) is 24.6 Å². The number of piperidine rings is 1. The van der Waals surface area contributed by atoms with Crippen molar-refractivity contribution in [3.63, 3.8) is 0 Å². The molecule has 1 aliphatic heterocycles. The van der Waals surface area contributed by atoms with Crippen molar-refractivity contribution in [2.45, 2.75) is 38.8 Å². The number of carbonyl (C=O) groups is 1. The Morgan fingerprint density at radius 2 is 1.77 bits per heavy atom. The van der Waals surface area contributed by atoms with Crippen LogP contribution >= 0.6 is 0 Å². The quantitative estimate of drug-likeness (QED) is 0.857. The standard InChI is InChI=1S/C21H24F2N2O/c1-15(19-10-9-18(22)13-20(19)23)24-21(26)17-7-5-16(6-8-17)14-25-11-3-2-4-12-25/h5-10,13,15H,2-4,11-12,14H2,1H3,(H,24,26). The van der Waals surface area contributed by atoms with Crippen LogP contribution in [0.2, 0.25) is 0 Å². The fourth-order valence-electron chi connectivity index (χ4n) is 3.35. The molecule has 1 N–H and O–H groups in total. The highest BCUT2D eigenvalue weighted by molar-refractivity contribution is 5.94.